The van der Waals surface area contributed by atoms with Gasteiger partial charge in [-0.1, -0.05) is 6.07 Å². The molecule has 1 rings (SSSR count). The predicted octanol–water partition coefficient (Wildman–Crippen LogP) is 1.41. The Morgan fingerprint density at radius 3 is 2.75 bits per heavy atom. The second-order valence-electron chi connectivity index (χ2n) is 2.47. The Hall–Kier alpha value is -1.45. The van der Waals surface area contributed by atoms with Gasteiger partial charge in [0.15, 0.2) is 0 Å². The van der Waals surface area contributed by atoms with Crippen molar-refractivity contribution in [3.8, 4) is 0 Å². The first-order chi connectivity index (χ1) is 5.61. The second-order valence-corrected chi connectivity index (χ2v) is 2.47. The van der Waals surface area contributed by atoms with Crippen molar-refractivity contribution in [1.29, 1.82) is 0 Å². The zero-order valence-corrected chi connectivity index (χ0v) is 6.49. The van der Waals surface area contributed by atoms with Crippen molar-refractivity contribution in [2.45, 2.75) is 12.8 Å². The van der Waals surface area contributed by atoms with Crippen molar-refractivity contribution in [2.24, 2.45) is 0 Å². The highest BCUT2D eigenvalue weighted by atomic mass is 19.1. The molecule has 0 fully saturated rings. The fraction of sp³-hybridized carbons (Fsp3) is 0.250. The maximum absolute atomic E-state index is 12.3. The summed E-state index contributed by atoms with van der Waals surface area (Å²) in [6, 6.07) is 2.57. The average Bonchev–Trinajstić information content (AvgIpc) is 2.04. The number of carbonyl (C=O) groups is 1. The minimum Gasteiger partial charge on any atom is -0.481 e. The molecular formula is C8H8FNO2. The van der Waals surface area contributed by atoms with E-state index in [0.717, 1.165) is 6.07 Å². The van der Waals surface area contributed by atoms with Crippen LogP contribution in [0.4, 0.5) is 4.39 Å². The van der Waals surface area contributed by atoms with Crippen LogP contribution in [0.25, 0.3) is 0 Å². The summed E-state index contributed by atoms with van der Waals surface area (Å²) >= 11 is 0. The fourth-order valence-electron chi connectivity index (χ4n) is 0.786. The molecule has 1 N–H and O–H groups in total. The monoisotopic (exact) mass is 169 g/mol. The van der Waals surface area contributed by atoms with Crippen LogP contribution in [0, 0.1) is 5.95 Å². The van der Waals surface area contributed by atoms with Gasteiger partial charge >= 0.3 is 5.97 Å². The van der Waals surface area contributed by atoms with Gasteiger partial charge < -0.3 is 5.11 Å². The normalized spacial score (nSPS) is 12.5. The Morgan fingerprint density at radius 1 is 1.67 bits per heavy atom. The highest BCUT2D eigenvalue weighted by Crippen LogP contribution is 2.13. The number of aliphatic carboxylic acids is 1. The molecule has 0 spiro atoms. The Morgan fingerprint density at radius 2 is 2.33 bits per heavy atom. The third-order valence-corrected chi connectivity index (χ3v) is 1.62. The minimum atomic E-state index is -0.941. The topological polar surface area (TPSA) is 50.2 Å². The lowest BCUT2D eigenvalue weighted by Gasteiger charge is -2.04. The van der Waals surface area contributed by atoms with E-state index in [1.807, 2.05) is 0 Å². The number of rotatable bonds is 2. The lowest BCUT2D eigenvalue weighted by Crippen LogP contribution is -2.07. The van der Waals surface area contributed by atoms with Crippen LogP contribution in [-0.4, -0.2) is 16.1 Å². The zero-order valence-electron chi connectivity index (χ0n) is 6.49. The summed E-state index contributed by atoms with van der Waals surface area (Å²) in [5.74, 6) is -2.18. The van der Waals surface area contributed by atoms with Gasteiger partial charge in [-0.2, -0.15) is 4.39 Å². The third kappa shape index (κ3) is 1.78. The highest BCUT2D eigenvalue weighted by Gasteiger charge is 2.13. The Labute approximate surface area is 68.9 Å². The number of hydrogen-bond acceptors (Lipinski definition) is 2. The van der Waals surface area contributed by atoms with Crippen LogP contribution in [0.15, 0.2) is 18.3 Å². The van der Waals surface area contributed by atoms with Crippen LogP contribution in [0.2, 0.25) is 0 Å². The fourth-order valence-corrected chi connectivity index (χ4v) is 0.786. The van der Waals surface area contributed by atoms with E-state index in [1.54, 1.807) is 0 Å². The van der Waals surface area contributed by atoms with Crippen molar-refractivity contribution in [2.75, 3.05) is 0 Å². The van der Waals surface area contributed by atoms with Gasteiger partial charge in [-0.15, -0.1) is 0 Å². The van der Waals surface area contributed by atoms with E-state index < -0.39 is 17.8 Å². The highest BCUT2D eigenvalue weighted by molar-refractivity contribution is 5.75. The maximum Gasteiger partial charge on any atom is 0.310 e. The summed E-state index contributed by atoms with van der Waals surface area (Å²) < 4.78 is 12.3. The van der Waals surface area contributed by atoms with Crippen molar-refractivity contribution < 1.29 is 14.3 Å². The first kappa shape index (κ1) is 8.64. The Bertz CT molecular complexity index is 284. The summed E-state index contributed by atoms with van der Waals surface area (Å²) in [5.41, 5.74) is 0.504. The molecule has 0 saturated carbocycles. The third-order valence-electron chi connectivity index (χ3n) is 1.62. The van der Waals surface area contributed by atoms with Crippen LogP contribution in [0.3, 0.4) is 0 Å². The molecule has 3 nitrogen and oxygen atoms in total. The molecule has 64 valence electrons. The maximum atomic E-state index is 12.3. The first-order valence-electron chi connectivity index (χ1n) is 3.45. The molecule has 4 heteroatoms. The molecule has 0 aromatic carbocycles. The van der Waals surface area contributed by atoms with E-state index in [4.69, 9.17) is 5.11 Å². The number of aromatic nitrogens is 1. The van der Waals surface area contributed by atoms with Crippen LogP contribution in [0.1, 0.15) is 18.4 Å². The van der Waals surface area contributed by atoms with Crippen LogP contribution >= 0.6 is 0 Å². The van der Waals surface area contributed by atoms with Gasteiger partial charge in [-0.05, 0) is 18.6 Å². The molecular weight excluding hydrogens is 161 g/mol. The Balaban J connectivity index is 2.89. The molecule has 0 aliphatic carbocycles. The average molecular weight is 169 g/mol. The van der Waals surface area contributed by atoms with Gasteiger partial charge in [-0.3, -0.25) is 4.79 Å². The summed E-state index contributed by atoms with van der Waals surface area (Å²) in [5, 5.41) is 8.58. The van der Waals surface area contributed by atoms with E-state index in [9.17, 15) is 9.18 Å². The molecule has 0 radical (unpaired) electrons. The van der Waals surface area contributed by atoms with E-state index in [1.165, 1.54) is 19.2 Å². The molecule has 0 aliphatic heterocycles. The van der Waals surface area contributed by atoms with E-state index in [0.29, 0.717) is 5.56 Å². The van der Waals surface area contributed by atoms with Crippen molar-refractivity contribution in [3.05, 3.63) is 29.8 Å². The number of carboxylic acid groups (broad SMARTS) is 1. The number of nitrogens with zero attached hydrogens (tertiary/aromatic N) is 1. The molecule has 1 atom stereocenters. The summed E-state index contributed by atoms with van der Waals surface area (Å²) in [6.45, 7) is 1.53. The van der Waals surface area contributed by atoms with E-state index in [-0.39, 0.29) is 0 Å². The summed E-state index contributed by atoms with van der Waals surface area (Å²) in [4.78, 5) is 13.8. The van der Waals surface area contributed by atoms with Crippen LogP contribution < -0.4 is 0 Å². The first-order valence-corrected chi connectivity index (χ1v) is 3.45. The number of carboxylic acids is 1. The second kappa shape index (κ2) is 3.30. The minimum absolute atomic E-state index is 0.504. The SMILES string of the molecule is CC(C(=O)O)c1ccc(F)nc1. The molecule has 0 saturated heterocycles. The number of pyridine rings is 1. The molecule has 1 aromatic rings. The molecule has 1 heterocycles. The van der Waals surface area contributed by atoms with Crippen LogP contribution in [0.5, 0.6) is 0 Å². The van der Waals surface area contributed by atoms with Crippen molar-refractivity contribution in [3.63, 3.8) is 0 Å². The van der Waals surface area contributed by atoms with Crippen molar-refractivity contribution >= 4 is 5.97 Å². The molecule has 1 unspecified atom stereocenters. The van der Waals surface area contributed by atoms with E-state index >= 15 is 0 Å². The molecule has 12 heavy (non-hydrogen) atoms. The standard InChI is InChI=1S/C8H8FNO2/c1-5(8(11)12)6-2-3-7(9)10-4-6/h2-5H,1H3,(H,11,12). The lowest BCUT2D eigenvalue weighted by molar-refractivity contribution is -0.138. The zero-order chi connectivity index (χ0) is 9.14. The predicted molar refractivity (Wildman–Crippen MR) is 40.2 cm³/mol. The molecule has 0 bridgehead atoms. The van der Waals surface area contributed by atoms with Crippen LogP contribution in [-0.2, 0) is 4.79 Å². The van der Waals surface area contributed by atoms with Gasteiger partial charge in [0, 0.05) is 6.20 Å². The molecule has 0 amide bonds. The van der Waals surface area contributed by atoms with Gasteiger partial charge in [0.1, 0.15) is 0 Å². The van der Waals surface area contributed by atoms with Gasteiger partial charge in [0.2, 0.25) is 5.95 Å². The van der Waals surface area contributed by atoms with Crippen molar-refractivity contribution in [1.82, 2.24) is 4.98 Å². The van der Waals surface area contributed by atoms with Gasteiger partial charge in [0.25, 0.3) is 0 Å². The largest absolute Gasteiger partial charge is 0.481 e. The smallest absolute Gasteiger partial charge is 0.310 e. The molecule has 1 aromatic heterocycles. The summed E-state index contributed by atoms with van der Waals surface area (Å²) in [6.07, 6.45) is 1.23. The quantitative estimate of drug-likeness (QED) is 0.681. The van der Waals surface area contributed by atoms with E-state index in [2.05, 4.69) is 4.98 Å². The molecule has 0 aliphatic rings. The lowest BCUT2D eigenvalue weighted by atomic mass is 10.0. The van der Waals surface area contributed by atoms with Gasteiger partial charge in [-0.25, -0.2) is 4.98 Å². The Kier molecular flexibility index (Phi) is 2.38. The summed E-state index contributed by atoms with van der Waals surface area (Å²) in [7, 11) is 0. The number of halogens is 1. The number of hydrogen-bond donors (Lipinski definition) is 1. The van der Waals surface area contributed by atoms with Gasteiger partial charge in [0.05, 0.1) is 5.92 Å².